The predicted molar refractivity (Wildman–Crippen MR) is 67.4 cm³/mol. The zero-order valence-corrected chi connectivity index (χ0v) is 9.81. The van der Waals surface area contributed by atoms with Crippen LogP contribution in [0.5, 0.6) is 0 Å². The molecule has 0 unspecified atom stereocenters. The number of nitro groups is 1. The molecular weight excluding hydrogens is 238 g/mol. The zero-order chi connectivity index (χ0) is 12.1. The fourth-order valence-corrected chi connectivity index (χ4v) is 1.97. The minimum absolute atomic E-state index is 0.127. The second-order valence-corrected chi connectivity index (χ2v) is 4.33. The van der Waals surface area contributed by atoms with Crippen LogP contribution in [0, 0.1) is 10.1 Å². The number of hydrogen-bond acceptors (Lipinski definition) is 5. The molecule has 0 aliphatic carbocycles. The number of anilines is 1. The number of nitro benzene ring substituents is 1. The van der Waals surface area contributed by atoms with Gasteiger partial charge < -0.3 is 5.32 Å². The van der Waals surface area contributed by atoms with Gasteiger partial charge in [0, 0.05) is 30.3 Å². The Balaban J connectivity index is 1.85. The molecule has 1 aromatic heterocycles. The van der Waals surface area contributed by atoms with Crippen LogP contribution in [0.2, 0.25) is 0 Å². The largest absolute Gasteiger partial charge is 0.361 e. The van der Waals surface area contributed by atoms with Crippen molar-refractivity contribution < 1.29 is 4.92 Å². The van der Waals surface area contributed by atoms with E-state index in [4.69, 9.17) is 0 Å². The van der Waals surface area contributed by atoms with Crippen LogP contribution in [0.1, 0.15) is 5.56 Å². The fourth-order valence-electron chi connectivity index (χ4n) is 1.41. The normalized spacial score (nSPS) is 10.1. The molecular formula is C11H11N3O2S. The summed E-state index contributed by atoms with van der Waals surface area (Å²) < 4.78 is 0. The summed E-state index contributed by atoms with van der Waals surface area (Å²) in [7, 11) is 0. The SMILES string of the molecule is O=[N+]([O-])c1ccc(CCNc2nccs2)cc1. The van der Waals surface area contributed by atoms with Gasteiger partial charge in [-0.3, -0.25) is 10.1 Å². The van der Waals surface area contributed by atoms with Gasteiger partial charge in [0.15, 0.2) is 5.13 Å². The molecule has 0 bridgehead atoms. The van der Waals surface area contributed by atoms with Crippen LogP contribution in [0.15, 0.2) is 35.8 Å². The maximum atomic E-state index is 10.5. The van der Waals surface area contributed by atoms with Gasteiger partial charge in [-0.05, 0) is 12.0 Å². The Kier molecular flexibility index (Phi) is 3.66. The molecule has 1 aromatic carbocycles. The van der Waals surface area contributed by atoms with Crippen molar-refractivity contribution in [1.29, 1.82) is 0 Å². The first-order valence-corrected chi connectivity index (χ1v) is 6.00. The van der Waals surface area contributed by atoms with Crippen LogP contribution < -0.4 is 5.32 Å². The molecule has 88 valence electrons. The van der Waals surface area contributed by atoms with E-state index >= 15 is 0 Å². The number of aromatic nitrogens is 1. The summed E-state index contributed by atoms with van der Waals surface area (Å²) in [5.74, 6) is 0. The first-order valence-electron chi connectivity index (χ1n) is 5.12. The molecule has 1 N–H and O–H groups in total. The number of thiazole rings is 1. The number of hydrogen-bond donors (Lipinski definition) is 1. The number of nitrogens with one attached hydrogen (secondary N) is 1. The summed E-state index contributed by atoms with van der Waals surface area (Å²) in [5, 5.41) is 16.5. The molecule has 0 fully saturated rings. The van der Waals surface area contributed by atoms with Gasteiger partial charge in [-0.25, -0.2) is 4.98 Å². The third-order valence-electron chi connectivity index (χ3n) is 2.27. The number of rotatable bonds is 5. The topological polar surface area (TPSA) is 68.1 Å². The molecule has 6 heteroatoms. The minimum atomic E-state index is -0.391. The van der Waals surface area contributed by atoms with Crippen molar-refractivity contribution in [3.05, 3.63) is 51.5 Å². The van der Waals surface area contributed by atoms with Crippen LogP contribution in [0.4, 0.5) is 10.8 Å². The van der Waals surface area contributed by atoms with E-state index in [2.05, 4.69) is 10.3 Å². The van der Waals surface area contributed by atoms with Gasteiger partial charge in [0.1, 0.15) is 0 Å². The fraction of sp³-hybridized carbons (Fsp3) is 0.182. The molecule has 0 amide bonds. The lowest BCUT2D eigenvalue weighted by Crippen LogP contribution is -2.04. The molecule has 1 heterocycles. The van der Waals surface area contributed by atoms with Crippen molar-refractivity contribution in [3.8, 4) is 0 Å². The third kappa shape index (κ3) is 3.25. The van der Waals surface area contributed by atoms with Crippen LogP contribution in [-0.4, -0.2) is 16.5 Å². The predicted octanol–water partition coefficient (Wildman–Crippen LogP) is 2.71. The van der Waals surface area contributed by atoms with Gasteiger partial charge in [0.2, 0.25) is 0 Å². The van der Waals surface area contributed by atoms with Crippen molar-refractivity contribution in [2.24, 2.45) is 0 Å². The van der Waals surface area contributed by atoms with Crippen LogP contribution in [0.25, 0.3) is 0 Å². The smallest absolute Gasteiger partial charge is 0.269 e. The molecule has 0 spiro atoms. The van der Waals surface area contributed by atoms with Crippen molar-refractivity contribution in [1.82, 2.24) is 4.98 Å². The summed E-state index contributed by atoms with van der Waals surface area (Å²) in [6, 6.07) is 6.61. The Hall–Kier alpha value is -1.95. The van der Waals surface area contributed by atoms with Gasteiger partial charge in [0.05, 0.1) is 4.92 Å². The first-order chi connectivity index (χ1) is 8.25. The summed E-state index contributed by atoms with van der Waals surface area (Å²) in [6.45, 7) is 0.769. The number of nitrogens with zero attached hydrogens (tertiary/aromatic N) is 2. The maximum Gasteiger partial charge on any atom is 0.269 e. The Morgan fingerprint density at radius 3 is 2.71 bits per heavy atom. The maximum absolute atomic E-state index is 10.5. The lowest BCUT2D eigenvalue weighted by Gasteiger charge is -2.02. The van der Waals surface area contributed by atoms with Crippen molar-refractivity contribution in [2.75, 3.05) is 11.9 Å². The van der Waals surface area contributed by atoms with E-state index in [1.165, 1.54) is 12.1 Å². The van der Waals surface area contributed by atoms with E-state index in [1.54, 1.807) is 29.7 Å². The van der Waals surface area contributed by atoms with Gasteiger partial charge in [0.25, 0.3) is 5.69 Å². The highest BCUT2D eigenvalue weighted by atomic mass is 32.1. The highest BCUT2D eigenvalue weighted by Gasteiger charge is 2.03. The highest BCUT2D eigenvalue weighted by Crippen LogP contribution is 2.13. The lowest BCUT2D eigenvalue weighted by atomic mass is 10.1. The molecule has 0 aliphatic heterocycles. The van der Waals surface area contributed by atoms with E-state index in [1.807, 2.05) is 5.38 Å². The Labute approximate surface area is 102 Å². The van der Waals surface area contributed by atoms with E-state index in [0.717, 1.165) is 23.7 Å². The Morgan fingerprint density at radius 1 is 1.35 bits per heavy atom. The first kappa shape index (κ1) is 11.5. The number of non-ortho nitro benzene ring substituents is 1. The van der Waals surface area contributed by atoms with Gasteiger partial charge in [-0.1, -0.05) is 12.1 Å². The molecule has 0 radical (unpaired) electrons. The average Bonchev–Trinajstić information content (AvgIpc) is 2.83. The molecule has 0 atom stereocenters. The third-order valence-corrected chi connectivity index (χ3v) is 3.00. The second-order valence-electron chi connectivity index (χ2n) is 3.44. The summed E-state index contributed by atoms with van der Waals surface area (Å²) in [4.78, 5) is 14.2. The van der Waals surface area contributed by atoms with Crippen molar-refractivity contribution in [3.63, 3.8) is 0 Å². The summed E-state index contributed by atoms with van der Waals surface area (Å²) in [6.07, 6.45) is 2.57. The van der Waals surface area contributed by atoms with Crippen LogP contribution in [0.3, 0.4) is 0 Å². The van der Waals surface area contributed by atoms with E-state index in [0.29, 0.717) is 0 Å². The summed E-state index contributed by atoms with van der Waals surface area (Å²) >= 11 is 1.55. The zero-order valence-electron chi connectivity index (χ0n) is 9.00. The van der Waals surface area contributed by atoms with Crippen LogP contribution >= 0.6 is 11.3 Å². The molecule has 0 saturated heterocycles. The van der Waals surface area contributed by atoms with Crippen LogP contribution in [-0.2, 0) is 6.42 Å². The second kappa shape index (κ2) is 5.40. The molecule has 0 aliphatic rings. The molecule has 17 heavy (non-hydrogen) atoms. The van der Waals surface area contributed by atoms with Crippen molar-refractivity contribution in [2.45, 2.75) is 6.42 Å². The highest BCUT2D eigenvalue weighted by molar-refractivity contribution is 7.13. The van der Waals surface area contributed by atoms with Gasteiger partial charge >= 0.3 is 0 Å². The Bertz CT molecular complexity index is 482. The molecule has 5 nitrogen and oxygen atoms in total. The van der Waals surface area contributed by atoms with Gasteiger partial charge in [-0.15, -0.1) is 11.3 Å². The van der Waals surface area contributed by atoms with Gasteiger partial charge in [-0.2, -0.15) is 0 Å². The summed E-state index contributed by atoms with van der Waals surface area (Å²) in [5.41, 5.74) is 1.20. The quantitative estimate of drug-likeness (QED) is 0.653. The number of benzene rings is 1. The Morgan fingerprint density at radius 2 is 2.12 bits per heavy atom. The monoisotopic (exact) mass is 249 g/mol. The van der Waals surface area contributed by atoms with Crippen molar-refractivity contribution >= 4 is 22.2 Å². The minimum Gasteiger partial charge on any atom is -0.361 e. The standard InChI is InChI=1S/C11H11N3O2S/c15-14(16)10-3-1-9(2-4-10)5-6-12-11-13-7-8-17-11/h1-4,7-8H,5-6H2,(H,12,13). The average molecular weight is 249 g/mol. The van der Waals surface area contributed by atoms with E-state index in [9.17, 15) is 10.1 Å². The molecule has 0 saturated carbocycles. The lowest BCUT2D eigenvalue weighted by molar-refractivity contribution is -0.384. The molecule has 2 rings (SSSR count). The molecule has 2 aromatic rings. The van der Waals surface area contributed by atoms with E-state index < -0.39 is 4.92 Å². The van der Waals surface area contributed by atoms with E-state index in [-0.39, 0.29) is 5.69 Å².